The first-order chi connectivity index (χ1) is 16.2. The Labute approximate surface area is 193 Å². The van der Waals surface area contributed by atoms with Crippen LogP contribution in [0, 0.1) is 10.1 Å². The quantitative estimate of drug-likeness (QED) is 0.255. The minimum atomic E-state index is -0.419. The molecule has 4 rings (SSSR count). The monoisotopic (exact) mass is 448 g/mol. The van der Waals surface area contributed by atoms with Crippen molar-refractivity contribution in [1.29, 1.82) is 0 Å². The van der Waals surface area contributed by atoms with Crippen molar-refractivity contribution in [3.8, 4) is 17.2 Å². The highest BCUT2D eigenvalue weighted by Crippen LogP contribution is 2.31. The average Bonchev–Trinajstić information content (AvgIpc) is 2.85. The van der Waals surface area contributed by atoms with E-state index < -0.39 is 4.92 Å². The number of nitrogens with one attached hydrogen (secondary N) is 1. The lowest BCUT2D eigenvalue weighted by Gasteiger charge is -2.27. The van der Waals surface area contributed by atoms with Crippen LogP contribution in [-0.4, -0.2) is 30.7 Å². The van der Waals surface area contributed by atoms with Crippen molar-refractivity contribution in [2.45, 2.75) is 32.0 Å². The third kappa shape index (κ3) is 6.70. The van der Waals surface area contributed by atoms with E-state index in [-0.39, 0.29) is 11.8 Å². The fraction of sp³-hybridized carbons (Fsp3) is 0.308. The van der Waals surface area contributed by atoms with E-state index in [0.717, 1.165) is 49.4 Å². The minimum absolute atomic E-state index is 0.0629. The predicted octanol–water partition coefficient (Wildman–Crippen LogP) is 4.93. The standard InChI is InChI=1S/C26H28N2O5/c29-28(30)22-9-13-23(14-10-22)31-16-4-15-27-18-25-12-8-21-7-11-24(17-26(21)33-25)32-19-20-5-2-1-3-6-20/h1-3,5-7,9-11,13-14,17,25,27H,4,8,12,15-16,18-19H2. The Morgan fingerprint density at radius 3 is 2.58 bits per heavy atom. The van der Waals surface area contributed by atoms with Crippen molar-refractivity contribution in [2.24, 2.45) is 0 Å². The van der Waals surface area contributed by atoms with Crippen molar-refractivity contribution in [2.75, 3.05) is 19.7 Å². The number of benzene rings is 3. The molecular formula is C26H28N2O5. The fourth-order valence-corrected chi connectivity index (χ4v) is 3.69. The summed E-state index contributed by atoms with van der Waals surface area (Å²) in [5, 5.41) is 14.1. The molecule has 1 aliphatic rings. The molecule has 0 saturated carbocycles. The van der Waals surface area contributed by atoms with Crippen LogP contribution in [0.4, 0.5) is 5.69 Å². The van der Waals surface area contributed by atoms with Gasteiger partial charge in [-0.2, -0.15) is 0 Å². The van der Waals surface area contributed by atoms with Crippen molar-refractivity contribution >= 4 is 5.69 Å². The van der Waals surface area contributed by atoms with Crippen LogP contribution in [-0.2, 0) is 13.0 Å². The van der Waals surface area contributed by atoms with Gasteiger partial charge in [0.15, 0.2) is 0 Å². The molecule has 0 fully saturated rings. The molecule has 1 unspecified atom stereocenters. The molecule has 33 heavy (non-hydrogen) atoms. The van der Waals surface area contributed by atoms with Crippen LogP contribution in [0.1, 0.15) is 24.0 Å². The first-order valence-corrected chi connectivity index (χ1v) is 11.2. The van der Waals surface area contributed by atoms with E-state index in [1.165, 1.54) is 17.7 Å². The summed E-state index contributed by atoms with van der Waals surface area (Å²) in [5.74, 6) is 2.35. The number of hydrogen-bond acceptors (Lipinski definition) is 6. The summed E-state index contributed by atoms with van der Waals surface area (Å²) in [6.07, 6.45) is 2.92. The van der Waals surface area contributed by atoms with Crippen molar-refractivity contribution < 1.29 is 19.1 Å². The van der Waals surface area contributed by atoms with Gasteiger partial charge in [-0.25, -0.2) is 0 Å². The van der Waals surface area contributed by atoms with Crippen LogP contribution in [0.15, 0.2) is 72.8 Å². The Kier molecular flexibility index (Phi) is 7.76. The SMILES string of the molecule is O=[N+]([O-])c1ccc(OCCCNCC2CCc3ccc(OCc4ccccc4)cc3O2)cc1. The zero-order chi connectivity index (χ0) is 22.9. The maximum Gasteiger partial charge on any atom is 0.269 e. The number of nitro benzene ring substituents is 1. The second kappa shape index (κ2) is 11.3. The fourth-order valence-electron chi connectivity index (χ4n) is 3.69. The van der Waals surface area contributed by atoms with Gasteiger partial charge >= 0.3 is 0 Å². The van der Waals surface area contributed by atoms with E-state index >= 15 is 0 Å². The summed E-state index contributed by atoms with van der Waals surface area (Å²) in [5.41, 5.74) is 2.42. The molecule has 1 atom stereocenters. The lowest BCUT2D eigenvalue weighted by molar-refractivity contribution is -0.384. The molecule has 1 heterocycles. The third-order valence-corrected chi connectivity index (χ3v) is 5.50. The largest absolute Gasteiger partial charge is 0.494 e. The topological polar surface area (TPSA) is 82.9 Å². The van der Waals surface area contributed by atoms with Crippen LogP contribution in [0.2, 0.25) is 0 Å². The molecule has 0 aliphatic carbocycles. The molecule has 0 bridgehead atoms. The Hall–Kier alpha value is -3.58. The minimum Gasteiger partial charge on any atom is -0.494 e. The van der Waals surface area contributed by atoms with Gasteiger partial charge in [0.1, 0.15) is 30.0 Å². The second-order valence-electron chi connectivity index (χ2n) is 7.98. The number of nitro groups is 1. The smallest absolute Gasteiger partial charge is 0.269 e. The van der Waals surface area contributed by atoms with E-state index in [1.54, 1.807) is 12.1 Å². The number of non-ortho nitro benzene ring substituents is 1. The summed E-state index contributed by atoms with van der Waals surface area (Å²) in [6.45, 7) is 2.65. The van der Waals surface area contributed by atoms with Crippen LogP contribution in [0.5, 0.6) is 17.2 Å². The summed E-state index contributed by atoms with van der Waals surface area (Å²) in [7, 11) is 0. The van der Waals surface area contributed by atoms with Gasteiger partial charge in [-0.05, 0) is 55.1 Å². The molecule has 0 radical (unpaired) electrons. The zero-order valence-electron chi connectivity index (χ0n) is 18.4. The number of hydrogen-bond donors (Lipinski definition) is 1. The molecule has 7 heteroatoms. The highest BCUT2D eigenvalue weighted by Gasteiger charge is 2.20. The van der Waals surface area contributed by atoms with Crippen LogP contribution >= 0.6 is 0 Å². The van der Waals surface area contributed by atoms with Gasteiger partial charge in [0.05, 0.1) is 11.5 Å². The molecule has 1 aliphatic heterocycles. The summed E-state index contributed by atoms with van der Waals surface area (Å²) in [4.78, 5) is 10.3. The molecule has 0 saturated heterocycles. The lowest BCUT2D eigenvalue weighted by Crippen LogP contribution is -2.35. The number of aryl methyl sites for hydroxylation is 1. The molecule has 172 valence electrons. The number of rotatable bonds is 11. The zero-order valence-corrected chi connectivity index (χ0v) is 18.4. The highest BCUT2D eigenvalue weighted by molar-refractivity contribution is 5.42. The number of ether oxygens (including phenoxy) is 3. The van der Waals surface area contributed by atoms with Gasteiger partial charge in [0.25, 0.3) is 5.69 Å². The maximum absolute atomic E-state index is 10.7. The molecule has 0 amide bonds. The van der Waals surface area contributed by atoms with Crippen molar-refractivity contribution in [3.63, 3.8) is 0 Å². The molecule has 7 nitrogen and oxygen atoms in total. The average molecular weight is 449 g/mol. The molecule has 3 aromatic rings. The first kappa shape index (κ1) is 22.6. The number of nitrogens with zero attached hydrogens (tertiary/aromatic N) is 1. The summed E-state index contributed by atoms with van der Waals surface area (Å²) in [6, 6.07) is 22.3. The van der Waals surface area contributed by atoms with Crippen molar-refractivity contribution in [1.82, 2.24) is 5.32 Å². The van der Waals surface area contributed by atoms with Gasteiger partial charge in [-0.3, -0.25) is 10.1 Å². The van der Waals surface area contributed by atoms with Gasteiger partial charge in [0, 0.05) is 24.7 Å². The Balaban J connectivity index is 1.15. The van der Waals surface area contributed by atoms with Gasteiger partial charge in [-0.15, -0.1) is 0 Å². The van der Waals surface area contributed by atoms with E-state index in [2.05, 4.69) is 11.4 Å². The normalized spacial score (nSPS) is 14.7. The summed E-state index contributed by atoms with van der Waals surface area (Å²) < 4.78 is 17.8. The van der Waals surface area contributed by atoms with Gasteiger partial charge in [0.2, 0.25) is 0 Å². The molecule has 3 aromatic carbocycles. The predicted molar refractivity (Wildman–Crippen MR) is 126 cm³/mol. The number of fused-ring (bicyclic) bond motifs is 1. The summed E-state index contributed by atoms with van der Waals surface area (Å²) >= 11 is 0. The molecule has 0 aromatic heterocycles. The van der Waals surface area contributed by atoms with Crippen LogP contribution < -0.4 is 19.5 Å². The Morgan fingerprint density at radius 1 is 1.00 bits per heavy atom. The highest BCUT2D eigenvalue weighted by atomic mass is 16.6. The van der Waals surface area contributed by atoms with Gasteiger partial charge in [-0.1, -0.05) is 36.4 Å². The third-order valence-electron chi connectivity index (χ3n) is 5.50. The van der Waals surface area contributed by atoms with E-state index in [0.29, 0.717) is 19.0 Å². The Bertz CT molecular complexity index is 1040. The molecule has 1 N–H and O–H groups in total. The van der Waals surface area contributed by atoms with Crippen LogP contribution in [0.25, 0.3) is 0 Å². The van der Waals surface area contributed by atoms with E-state index in [4.69, 9.17) is 14.2 Å². The van der Waals surface area contributed by atoms with E-state index in [9.17, 15) is 10.1 Å². The molecular weight excluding hydrogens is 420 g/mol. The first-order valence-electron chi connectivity index (χ1n) is 11.2. The maximum atomic E-state index is 10.7. The van der Waals surface area contributed by atoms with Crippen molar-refractivity contribution in [3.05, 3.63) is 94.0 Å². The van der Waals surface area contributed by atoms with Crippen LogP contribution in [0.3, 0.4) is 0 Å². The van der Waals surface area contributed by atoms with Gasteiger partial charge < -0.3 is 19.5 Å². The lowest BCUT2D eigenvalue weighted by atomic mass is 10.0. The molecule has 0 spiro atoms. The second-order valence-corrected chi connectivity index (χ2v) is 7.98. The Morgan fingerprint density at radius 2 is 1.79 bits per heavy atom. The van der Waals surface area contributed by atoms with E-state index in [1.807, 2.05) is 42.5 Å².